The van der Waals surface area contributed by atoms with Gasteiger partial charge >= 0.3 is 0 Å². The smallest absolute Gasteiger partial charge is 0.191 e. The first-order valence-electron chi connectivity index (χ1n) is 10.0. The minimum Gasteiger partial charge on any atom is -0.483 e. The van der Waals surface area contributed by atoms with Crippen molar-refractivity contribution in [3.63, 3.8) is 0 Å². The summed E-state index contributed by atoms with van der Waals surface area (Å²) in [6.45, 7) is 4.51. The molecule has 160 valence electrons. The molecule has 4 aromatic rings. The van der Waals surface area contributed by atoms with E-state index in [1.807, 2.05) is 60.5 Å². The van der Waals surface area contributed by atoms with Gasteiger partial charge in [-0.1, -0.05) is 30.0 Å². The summed E-state index contributed by atoms with van der Waals surface area (Å²) in [6.07, 6.45) is 1.50. The number of hydrogen-bond acceptors (Lipinski definition) is 5. The van der Waals surface area contributed by atoms with Crippen molar-refractivity contribution < 1.29 is 13.9 Å². The number of fused-ring (bicyclic) bond motifs is 1. The van der Waals surface area contributed by atoms with Crippen LogP contribution in [0.3, 0.4) is 0 Å². The summed E-state index contributed by atoms with van der Waals surface area (Å²) in [5, 5.41) is 10.2. The Balaban J connectivity index is 1.48. The fourth-order valence-corrected chi connectivity index (χ4v) is 4.44. The molecule has 0 fully saturated rings. The third-order valence-electron chi connectivity index (χ3n) is 5.08. The van der Waals surface area contributed by atoms with E-state index in [2.05, 4.69) is 10.2 Å². The number of ether oxygens (including phenoxy) is 1. The Bertz CT molecular complexity index is 1220. The maximum absolute atomic E-state index is 13.1. The van der Waals surface area contributed by atoms with Crippen LogP contribution in [0.15, 0.2) is 59.9 Å². The van der Waals surface area contributed by atoms with E-state index in [9.17, 15) is 9.18 Å². The maximum atomic E-state index is 13.1. The van der Waals surface area contributed by atoms with Gasteiger partial charge in [0.15, 0.2) is 22.9 Å². The Morgan fingerprint density at radius 1 is 1.16 bits per heavy atom. The van der Waals surface area contributed by atoms with E-state index in [0.29, 0.717) is 28.8 Å². The zero-order valence-corrected chi connectivity index (χ0v) is 18.4. The van der Waals surface area contributed by atoms with Gasteiger partial charge in [0.05, 0.1) is 5.75 Å². The zero-order valence-electron chi connectivity index (χ0n) is 17.6. The molecule has 0 bridgehead atoms. The van der Waals surface area contributed by atoms with Crippen molar-refractivity contribution in [2.75, 3.05) is 5.75 Å². The molecule has 0 amide bonds. The molecular weight excluding hydrogens is 415 g/mol. The van der Waals surface area contributed by atoms with Gasteiger partial charge in [0, 0.05) is 36.3 Å². The fraction of sp³-hybridized carbons (Fsp3) is 0.261. The standard InChI is InChI=1S/C23H23FN4O2S/c1-4-28-22(15(2)30-17-11-9-16(24)10-12-17)25-26-23(28)31-14-21(29)19-13-27(3)20-8-6-5-7-18(19)20/h5-13,15H,4,14H2,1-3H3. The van der Waals surface area contributed by atoms with E-state index >= 15 is 0 Å². The van der Waals surface area contributed by atoms with Crippen LogP contribution in [0.25, 0.3) is 10.9 Å². The minimum atomic E-state index is -0.374. The first-order chi connectivity index (χ1) is 15.0. The first kappa shape index (κ1) is 21.1. The molecule has 8 heteroatoms. The van der Waals surface area contributed by atoms with E-state index in [4.69, 9.17) is 4.74 Å². The van der Waals surface area contributed by atoms with Crippen molar-refractivity contribution in [3.8, 4) is 5.75 Å². The second-order valence-electron chi connectivity index (χ2n) is 7.18. The normalized spacial score (nSPS) is 12.3. The number of para-hydroxylation sites is 1. The van der Waals surface area contributed by atoms with Gasteiger partial charge in [0.25, 0.3) is 0 Å². The largest absolute Gasteiger partial charge is 0.483 e. The Kier molecular flexibility index (Phi) is 6.08. The number of carbonyl (C=O) groups excluding carboxylic acids is 1. The minimum absolute atomic E-state index is 0.0459. The fourth-order valence-electron chi connectivity index (χ4n) is 3.55. The van der Waals surface area contributed by atoms with E-state index in [1.165, 1.54) is 23.9 Å². The Morgan fingerprint density at radius 3 is 2.65 bits per heavy atom. The van der Waals surface area contributed by atoms with Crippen LogP contribution in [0.5, 0.6) is 5.75 Å². The van der Waals surface area contributed by atoms with Crippen molar-refractivity contribution >= 4 is 28.4 Å². The van der Waals surface area contributed by atoms with Crippen molar-refractivity contribution in [1.82, 2.24) is 19.3 Å². The molecule has 2 aromatic heterocycles. The molecule has 0 radical (unpaired) electrons. The molecule has 1 unspecified atom stereocenters. The molecule has 2 heterocycles. The number of aryl methyl sites for hydroxylation is 1. The first-order valence-corrected chi connectivity index (χ1v) is 11.0. The topological polar surface area (TPSA) is 61.9 Å². The van der Waals surface area contributed by atoms with Crippen LogP contribution in [0.1, 0.15) is 36.1 Å². The number of ketones is 1. The lowest BCUT2D eigenvalue weighted by atomic mass is 10.1. The Morgan fingerprint density at radius 2 is 1.90 bits per heavy atom. The molecule has 2 aromatic carbocycles. The van der Waals surface area contributed by atoms with E-state index in [-0.39, 0.29) is 23.5 Å². The number of thioether (sulfide) groups is 1. The summed E-state index contributed by atoms with van der Waals surface area (Å²) in [5.41, 5.74) is 1.74. The molecular formula is C23H23FN4O2S. The number of aromatic nitrogens is 4. The molecule has 31 heavy (non-hydrogen) atoms. The number of halogens is 1. The second kappa shape index (κ2) is 8.93. The molecule has 0 aliphatic carbocycles. The van der Waals surface area contributed by atoms with Crippen molar-refractivity contribution in [1.29, 1.82) is 0 Å². The molecule has 6 nitrogen and oxygen atoms in total. The summed E-state index contributed by atoms with van der Waals surface area (Å²) >= 11 is 1.36. The summed E-state index contributed by atoms with van der Waals surface area (Å²) in [6, 6.07) is 13.7. The van der Waals surface area contributed by atoms with Gasteiger partial charge in [0.2, 0.25) is 0 Å². The molecule has 0 saturated heterocycles. The molecule has 0 aliphatic rings. The highest BCUT2D eigenvalue weighted by molar-refractivity contribution is 7.99. The SMILES string of the molecule is CCn1c(SCC(=O)c2cn(C)c3ccccc23)nnc1C(C)Oc1ccc(F)cc1. The van der Waals surface area contributed by atoms with Gasteiger partial charge in [-0.3, -0.25) is 4.79 Å². The van der Waals surface area contributed by atoms with Crippen LogP contribution in [-0.4, -0.2) is 30.9 Å². The molecule has 1 atom stereocenters. The van der Waals surface area contributed by atoms with Crippen LogP contribution >= 0.6 is 11.8 Å². The third-order valence-corrected chi connectivity index (χ3v) is 6.05. The van der Waals surface area contributed by atoms with Crippen LogP contribution in [0, 0.1) is 5.82 Å². The molecule has 4 rings (SSSR count). The zero-order chi connectivity index (χ0) is 22.0. The van der Waals surface area contributed by atoms with Crippen LogP contribution in [-0.2, 0) is 13.6 Å². The highest BCUT2D eigenvalue weighted by Crippen LogP contribution is 2.27. The highest BCUT2D eigenvalue weighted by atomic mass is 32.2. The van der Waals surface area contributed by atoms with Gasteiger partial charge in [-0.2, -0.15) is 0 Å². The lowest BCUT2D eigenvalue weighted by Gasteiger charge is -2.15. The van der Waals surface area contributed by atoms with E-state index in [0.717, 1.165) is 10.9 Å². The average Bonchev–Trinajstić information content (AvgIpc) is 3.35. The van der Waals surface area contributed by atoms with E-state index in [1.54, 1.807) is 12.1 Å². The number of carbonyl (C=O) groups is 1. The number of hydrogen-bond donors (Lipinski definition) is 0. The van der Waals surface area contributed by atoms with Crippen LogP contribution < -0.4 is 4.74 Å². The molecule has 0 N–H and O–H groups in total. The van der Waals surface area contributed by atoms with Crippen LogP contribution in [0.4, 0.5) is 4.39 Å². The maximum Gasteiger partial charge on any atom is 0.191 e. The van der Waals surface area contributed by atoms with Gasteiger partial charge < -0.3 is 13.9 Å². The van der Waals surface area contributed by atoms with Gasteiger partial charge in [-0.05, 0) is 44.2 Å². The predicted octanol–water partition coefficient (Wildman–Crippen LogP) is 5.04. The van der Waals surface area contributed by atoms with Gasteiger partial charge in [0.1, 0.15) is 11.6 Å². The Hall–Kier alpha value is -3.13. The average molecular weight is 439 g/mol. The van der Waals surface area contributed by atoms with Gasteiger partial charge in [-0.25, -0.2) is 4.39 Å². The summed E-state index contributed by atoms with van der Waals surface area (Å²) in [4.78, 5) is 12.9. The molecule has 0 aliphatic heterocycles. The molecule has 0 saturated carbocycles. The third kappa shape index (κ3) is 4.34. The lowest BCUT2D eigenvalue weighted by Crippen LogP contribution is -2.12. The van der Waals surface area contributed by atoms with Gasteiger partial charge in [-0.15, -0.1) is 10.2 Å². The quantitative estimate of drug-likeness (QED) is 0.285. The number of benzene rings is 2. The van der Waals surface area contributed by atoms with Crippen molar-refractivity contribution in [2.45, 2.75) is 31.7 Å². The predicted molar refractivity (Wildman–Crippen MR) is 119 cm³/mol. The van der Waals surface area contributed by atoms with E-state index < -0.39 is 0 Å². The summed E-state index contributed by atoms with van der Waals surface area (Å²) in [5.74, 6) is 1.21. The number of nitrogens with zero attached hydrogens (tertiary/aromatic N) is 4. The van der Waals surface area contributed by atoms with Crippen molar-refractivity contribution in [2.24, 2.45) is 7.05 Å². The lowest BCUT2D eigenvalue weighted by molar-refractivity contribution is 0.102. The monoisotopic (exact) mass is 438 g/mol. The number of Topliss-reactive ketones (excluding diaryl/α,β-unsaturated/α-hetero) is 1. The molecule has 0 spiro atoms. The van der Waals surface area contributed by atoms with Crippen LogP contribution in [0.2, 0.25) is 0 Å². The second-order valence-corrected chi connectivity index (χ2v) is 8.12. The summed E-state index contributed by atoms with van der Waals surface area (Å²) < 4.78 is 22.9. The highest BCUT2D eigenvalue weighted by Gasteiger charge is 2.21. The van der Waals surface area contributed by atoms with Crippen molar-refractivity contribution in [3.05, 3.63) is 71.9 Å². The number of rotatable bonds is 8. The Labute approximate surface area is 184 Å². The summed E-state index contributed by atoms with van der Waals surface area (Å²) in [7, 11) is 1.94.